The molecule has 0 spiro atoms. The molecule has 22 heavy (non-hydrogen) atoms. The maximum Gasteiger partial charge on any atom is 0.264 e. The van der Waals surface area contributed by atoms with Gasteiger partial charge in [0.25, 0.3) is 15.9 Å². The highest BCUT2D eigenvalue weighted by atomic mass is 79.9. The molecule has 0 fully saturated rings. The predicted molar refractivity (Wildman–Crippen MR) is 87.9 cm³/mol. The Morgan fingerprint density at radius 3 is 2.45 bits per heavy atom. The number of nitrogens with zero attached hydrogens (tertiary/aromatic N) is 1. The minimum Gasteiger partial charge on any atom is -0.349 e. The van der Waals surface area contributed by atoms with Gasteiger partial charge < -0.3 is 5.32 Å². The van der Waals surface area contributed by atoms with Crippen molar-refractivity contribution >= 4 is 31.9 Å². The smallest absolute Gasteiger partial charge is 0.264 e. The molecule has 0 aliphatic rings. The molecule has 0 bridgehead atoms. The van der Waals surface area contributed by atoms with Crippen LogP contribution < -0.4 is 5.32 Å². The summed E-state index contributed by atoms with van der Waals surface area (Å²) in [5, 5.41) is 2.89. The lowest BCUT2D eigenvalue weighted by Gasteiger charge is -2.17. The molecular weight excluding hydrogens is 372 g/mol. The number of benzene rings is 1. The van der Waals surface area contributed by atoms with Crippen molar-refractivity contribution in [2.75, 3.05) is 14.2 Å². The van der Waals surface area contributed by atoms with Crippen LogP contribution in [0.25, 0.3) is 0 Å². The van der Waals surface area contributed by atoms with Crippen molar-refractivity contribution < 1.29 is 18.0 Å². The number of hydrogen-bond acceptors (Lipinski definition) is 4. The first-order valence-electron chi connectivity index (χ1n) is 6.91. The van der Waals surface area contributed by atoms with Gasteiger partial charge in [-0.15, -0.1) is 0 Å². The number of carbonyl (C=O) groups is 1. The summed E-state index contributed by atoms with van der Waals surface area (Å²) in [5.41, 5.74) is 0.275. The number of carbonyl (C=O) groups excluding carboxylic acids is 1. The van der Waals surface area contributed by atoms with E-state index in [1.54, 1.807) is 0 Å². The third-order valence-electron chi connectivity index (χ3n) is 3.40. The molecule has 1 aromatic carbocycles. The van der Waals surface area contributed by atoms with Gasteiger partial charge in [-0.25, -0.2) is 8.42 Å². The van der Waals surface area contributed by atoms with Crippen molar-refractivity contribution in [3.05, 3.63) is 28.2 Å². The first-order valence-corrected chi connectivity index (χ1v) is 9.14. The van der Waals surface area contributed by atoms with Gasteiger partial charge in [-0.3, -0.25) is 9.63 Å². The molecule has 0 atom stereocenters. The van der Waals surface area contributed by atoms with Crippen molar-refractivity contribution in [3.8, 4) is 0 Å². The fraction of sp³-hybridized carbons (Fsp3) is 0.500. The molecule has 1 N–H and O–H groups in total. The lowest BCUT2D eigenvalue weighted by Crippen LogP contribution is -2.34. The number of hydrogen-bond donors (Lipinski definition) is 1. The number of nitrogens with one attached hydrogen (secondary N) is 1. The zero-order chi connectivity index (χ0) is 16.9. The molecule has 0 aliphatic carbocycles. The molecule has 0 unspecified atom stereocenters. The van der Waals surface area contributed by atoms with E-state index in [1.165, 1.54) is 32.4 Å². The van der Waals surface area contributed by atoms with Gasteiger partial charge in [0.2, 0.25) is 0 Å². The SMILES string of the molecule is CCC(CC)NC(=O)c1cc(S(=O)(=O)N(C)OC)ccc1Br. The highest BCUT2D eigenvalue weighted by molar-refractivity contribution is 9.10. The highest BCUT2D eigenvalue weighted by Gasteiger charge is 2.23. The molecule has 1 rings (SSSR count). The van der Waals surface area contributed by atoms with Gasteiger partial charge in [0.05, 0.1) is 17.6 Å². The normalized spacial score (nSPS) is 12.0. The molecule has 124 valence electrons. The largest absolute Gasteiger partial charge is 0.349 e. The molecule has 0 saturated heterocycles. The zero-order valence-corrected chi connectivity index (χ0v) is 15.5. The second kappa shape index (κ2) is 8.05. The summed E-state index contributed by atoms with van der Waals surface area (Å²) in [6, 6.07) is 4.36. The number of sulfonamides is 1. The minimum atomic E-state index is -3.79. The highest BCUT2D eigenvalue weighted by Crippen LogP contribution is 2.23. The molecule has 0 heterocycles. The molecule has 0 aromatic heterocycles. The number of halogens is 1. The average molecular weight is 393 g/mol. The van der Waals surface area contributed by atoms with Crippen LogP contribution in [-0.4, -0.2) is 39.0 Å². The van der Waals surface area contributed by atoms with Gasteiger partial charge in [-0.1, -0.05) is 18.3 Å². The monoisotopic (exact) mass is 392 g/mol. The zero-order valence-electron chi connectivity index (χ0n) is 13.1. The van der Waals surface area contributed by atoms with Crippen LogP contribution >= 0.6 is 15.9 Å². The van der Waals surface area contributed by atoms with Gasteiger partial charge in [0.15, 0.2) is 0 Å². The van der Waals surface area contributed by atoms with E-state index in [9.17, 15) is 13.2 Å². The molecule has 8 heteroatoms. The topological polar surface area (TPSA) is 75.7 Å². The maximum atomic E-state index is 12.3. The second-order valence-corrected chi connectivity index (χ2v) is 7.52. The fourth-order valence-electron chi connectivity index (χ4n) is 1.84. The Kier molecular flexibility index (Phi) is 6.98. The number of rotatable bonds is 7. The van der Waals surface area contributed by atoms with E-state index in [4.69, 9.17) is 4.84 Å². The van der Waals surface area contributed by atoms with Crippen LogP contribution in [0.5, 0.6) is 0 Å². The standard InChI is InChI=1S/C14H21BrN2O4S/c1-5-10(6-2)16-14(18)12-9-11(7-8-13(12)15)22(19,20)17(3)21-4/h7-10H,5-6H2,1-4H3,(H,16,18). The lowest BCUT2D eigenvalue weighted by molar-refractivity contribution is -0.0258. The summed E-state index contributed by atoms with van der Waals surface area (Å²) in [6.45, 7) is 3.97. The van der Waals surface area contributed by atoms with E-state index < -0.39 is 10.0 Å². The predicted octanol–water partition coefficient (Wildman–Crippen LogP) is 2.55. The Hall–Kier alpha value is -0.960. The first kappa shape index (κ1) is 19.1. The molecule has 1 amide bonds. The van der Waals surface area contributed by atoms with Gasteiger partial charge in [-0.05, 0) is 47.0 Å². The van der Waals surface area contributed by atoms with E-state index in [-0.39, 0.29) is 22.4 Å². The van der Waals surface area contributed by atoms with Crippen LogP contribution in [0.4, 0.5) is 0 Å². The van der Waals surface area contributed by atoms with Crippen molar-refractivity contribution in [1.82, 2.24) is 9.79 Å². The van der Waals surface area contributed by atoms with Crippen LogP contribution in [0.1, 0.15) is 37.0 Å². The van der Waals surface area contributed by atoms with Gasteiger partial charge in [0, 0.05) is 17.6 Å². The summed E-state index contributed by atoms with van der Waals surface area (Å²) in [6.07, 6.45) is 1.62. The molecular formula is C14H21BrN2O4S. The third kappa shape index (κ3) is 4.28. The van der Waals surface area contributed by atoms with Gasteiger partial charge in [-0.2, -0.15) is 0 Å². The van der Waals surface area contributed by atoms with E-state index in [1.807, 2.05) is 13.8 Å². The van der Waals surface area contributed by atoms with Crippen LogP contribution in [0.3, 0.4) is 0 Å². The van der Waals surface area contributed by atoms with Crippen molar-refractivity contribution in [3.63, 3.8) is 0 Å². The van der Waals surface area contributed by atoms with Crippen molar-refractivity contribution in [1.29, 1.82) is 0 Å². The average Bonchev–Trinajstić information content (AvgIpc) is 2.51. The van der Waals surface area contributed by atoms with Crippen molar-refractivity contribution in [2.45, 2.75) is 37.6 Å². The van der Waals surface area contributed by atoms with Gasteiger partial charge >= 0.3 is 0 Å². The Bertz CT molecular complexity index is 630. The maximum absolute atomic E-state index is 12.3. The molecule has 0 aliphatic heterocycles. The van der Waals surface area contributed by atoms with E-state index >= 15 is 0 Å². The fourth-order valence-corrected chi connectivity index (χ4v) is 3.27. The summed E-state index contributed by atoms with van der Waals surface area (Å²) in [7, 11) is -1.24. The van der Waals surface area contributed by atoms with Crippen LogP contribution in [0.2, 0.25) is 0 Å². The summed E-state index contributed by atoms with van der Waals surface area (Å²) in [4.78, 5) is 17.1. The second-order valence-electron chi connectivity index (χ2n) is 4.73. The summed E-state index contributed by atoms with van der Waals surface area (Å²) in [5.74, 6) is -0.308. The number of hydroxylamine groups is 1. The van der Waals surface area contributed by atoms with E-state index in [0.29, 0.717) is 4.47 Å². The molecule has 0 saturated carbocycles. The van der Waals surface area contributed by atoms with Crippen LogP contribution in [-0.2, 0) is 14.9 Å². The summed E-state index contributed by atoms with van der Waals surface area (Å²) >= 11 is 3.29. The van der Waals surface area contributed by atoms with Crippen molar-refractivity contribution in [2.24, 2.45) is 0 Å². The molecule has 0 radical (unpaired) electrons. The molecule has 6 nitrogen and oxygen atoms in total. The number of amides is 1. The van der Waals surface area contributed by atoms with Gasteiger partial charge in [0.1, 0.15) is 0 Å². The van der Waals surface area contributed by atoms with E-state index in [2.05, 4.69) is 21.2 Å². The summed E-state index contributed by atoms with van der Waals surface area (Å²) < 4.78 is 25.8. The van der Waals surface area contributed by atoms with Crippen LogP contribution in [0.15, 0.2) is 27.6 Å². The Balaban J connectivity index is 3.18. The lowest BCUT2D eigenvalue weighted by atomic mass is 10.1. The van der Waals surface area contributed by atoms with Crippen LogP contribution in [0, 0.1) is 0 Å². The molecule has 1 aromatic rings. The third-order valence-corrected chi connectivity index (χ3v) is 5.76. The minimum absolute atomic E-state index is 0.00486. The Labute approximate surface area is 140 Å². The quantitative estimate of drug-likeness (QED) is 0.723. The van der Waals surface area contributed by atoms with E-state index in [0.717, 1.165) is 17.3 Å². The Morgan fingerprint density at radius 2 is 1.95 bits per heavy atom. The first-order chi connectivity index (χ1) is 10.3. The Morgan fingerprint density at radius 1 is 1.36 bits per heavy atom.